The molecular formula is C13H12BrNO2S. The lowest BCUT2D eigenvalue weighted by Crippen LogP contribution is -2.19. The van der Waals surface area contributed by atoms with Crippen molar-refractivity contribution >= 4 is 38.9 Å². The normalized spacial score (nSPS) is 10.3. The molecule has 0 radical (unpaired) electrons. The molecule has 3 nitrogen and oxygen atoms in total. The van der Waals surface area contributed by atoms with Crippen molar-refractivity contribution in [1.29, 1.82) is 0 Å². The molecule has 1 heterocycles. The van der Waals surface area contributed by atoms with Crippen LogP contribution in [0.3, 0.4) is 0 Å². The van der Waals surface area contributed by atoms with Crippen LogP contribution in [0.2, 0.25) is 0 Å². The zero-order valence-corrected chi connectivity index (χ0v) is 12.2. The van der Waals surface area contributed by atoms with E-state index < -0.39 is 5.97 Å². The van der Waals surface area contributed by atoms with Crippen molar-refractivity contribution in [2.24, 2.45) is 0 Å². The summed E-state index contributed by atoms with van der Waals surface area (Å²) in [6, 6.07) is 7.23. The van der Waals surface area contributed by atoms with E-state index in [1.165, 1.54) is 5.56 Å². The molecule has 0 saturated carbocycles. The fraction of sp³-hybridized carbons (Fsp3) is 0.154. The molecule has 0 aliphatic carbocycles. The first kappa shape index (κ1) is 13.1. The monoisotopic (exact) mass is 325 g/mol. The summed E-state index contributed by atoms with van der Waals surface area (Å²) < 4.78 is 0.875. The number of benzene rings is 1. The highest BCUT2D eigenvalue weighted by Gasteiger charge is 2.14. The maximum atomic E-state index is 11.2. The van der Waals surface area contributed by atoms with Gasteiger partial charge in [-0.15, -0.1) is 0 Å². The van der Waals surface area contributed by atoms with E-state index >= 15 is 0 Å². The fourth-order valence-electron chi connectivity index (χ4n) is 1.74. The van der Waals surface area contributed by atoms with E-state index in [0.29, 0.717) is 17.8 Å². The van der Waals surface area contributed by atoms with Gasteiger partial charge in [-0.25, -0.2) is 4.79 Å². The number of carboxylic acids is 1. The molecule has 1 aromatic heterocycles. The summed E-state index contributed by atoms with van der Waals surface area (Å²) in [5.41, 5.74) is 2.21. The van der Waals surface area contributed by atoms with Crippen molar-refractivity contribution in [2.75, 3.05) is 11.9 Å². The summed E-state index contributed by atoms with van der Waals surface area (Å²) in [6.45, 7) is 0.695. The average molecular weight is 326 g/mol. The third kappa shape index (κ3) is 2.91. The lowest BCUT2D eigenvalue weighted by Gasteiger charge is -2.21. The standard InChI is InChI=1S/C13H12BrNO2S/c1-15(7-9-4-5-18-8-9)12-6-10(14)2-3-11(12)13(16)17/h2-6,8H,7H2,1H3,(H,16,17). The van der Waals surface area contributed by atoms with Crippen molar-refractivity contribution in [1.82, 2.24) is 0 Å². The van der Waals surface area contributed by atoms with Crippen LogP contribution in [0, 0.1) is 0 Å². The van der Waals surface area contributed by atoms with E-state index in [9.17, 15) is 9.90 Å². The van der Waals surface area contributed by atoms with Crippen LogP contribution >= 0.6 is 27.3 Å². The minimum absolute atomic E-state index is 0.316. The Hall–Kier alpha value is -1.33. The van der Waals surface area contributed by atoms with Gasteiger partial charge in [0, 0.05) is 18.1 Å². The Kier molecular flexibility index (Phi) is 4.04. The first-order chi connectivity index (χ1) is 8.58. The lowest BCUT2D eigenvalue weighted by molar-refractivity contribution is 0.0697. The molecule has 18 heavy (non-hydrogen) atoms. The number of hydrogen-bond acceptors (Lipinski definition) is 3. The Morgan fingerprint density at radius 2 is 2.22 bits per heavy atom. The largest absolute Gasteiger partial charge is 0.478 e. The van der Waals surface area contributed by atoms with Gasteiger partial charge in [0.25, 0.3) is 0 Å². The topological polar surface area (TPSA) is 40.5 Å². The highest BCUT2D eigenvalue weighted by molar-refractivity contribution is 9.10. The molecule has 0 spiro atoms. The average Bonchev–Trinajstić information content (AvgIpc) is 2.81. The number of rotatable bonds is 4. The van der Waals surface area contributed by atoms with E-state index in [-0.39, 0.29) is 0 Å². The second kappa shape index (κ2) is 5.54. The molecule has 2 aromatic rings. The van der Waals surface area contributed by atoms with Gasteiger partial charge in [0.05, 0.1) is 11.3 Å². The fourth-order valence-corrected chi connectivity index (χ4v) is 2.75. The van der Waals surface area contributed by atoms with Crippen LogP contribution in [0.15, 0.2) is 39.5 Å². The van der Waals surface area contributed by atoms with Gasteiger partial charge in [-0.1, -0.05) is 15.9 Å². The molecular weight excluding hydrogens is 314 g/mol. The first-order valence-electron chi connectivity index (χ1n) is 5.33. The lowest BCUT2D eigenvalue weighted by atomic mass is 10.1. The van der Waals surface area contributed by atoms with Crippen LogP contribution < -0.4 is 4.90 Å². The maximum Gasteiger partial charge on any atom is 0.337 e. The van der Waals surface area contributed by atoms with Crippen LogP contribution in [0.1, 0.15) is 15.9 Å². The van der Waals surface area contributed by atoms with Crippen LogP contribution in [-0.4, -0.2) is 18.1 Å². The highest BCUT2D eigenvalue weighted by atomic mass is 79.9. The molecule has 0 fully saturated rings. The van der Waals surface area contributed by atoms with Crippen molar-refractivity contribution in [3.63, 3.8) is 0 Å². The predicted octanol–water partition coefficient (Wildman–Crippen LogP) is 3.85. The van der Waals surface area contributed by atoms with Gasteiger partial charge in [-0.05, 0) is 40.6 Å². The number of nitrogens with zero attached hydrogens (tertiary/aromatic N) is 1. The van der Waals surface area contributed by atoms with Gasteiger partial charge in [0.15, 0.2) is 0 Å². The zero-order chi connectivity index (χ0) is 13.1. The summed E-state index contributed by atoms with van der Waals surface area (Å²) in [4.78, 5) is 13.1. The number of anilines is 1. The molecule has 94 valence electrons. The molecule has 2 rings (SSSR count). The van der Waals surface area contributed by atoms with Crippen LogP contribution in [0.4, 0.5) is 5.69 Å². The molecule has 1 N–H and O–H groups in total. The third-order valence-corrected chi connectivity index (χ3v) is 3.83. The van der Waals surface area contributed by atoms with Crippen molar-refractivity contribution in [3.8, 4) is 0 Å². The second-order valence-electron chi connectivity index (χ2n) is 3.95. The first-order valence-corrected chi connectivity index (χ1v) is 7.06. The number of carbonyl (C=O) groups is 1. The molecule has 0 atom stereocenters. The predicted molar refractivity (Wildman–Crippen MR) is 77.5 cm³/mol. The van der Waals surface area contributed by atoms with Gasteiger partial charge in [0.2, 0.25) is 0 Å². The summed E-state index contributed by atoms with van der Waals surface area (Å²) in [5, 5.41) is 13.3. The van der Waals surface area contributed by atoms with E-state index in [1.54, 1.807) is 23.5 Å². The molecule has 0 bridgehead atoms. The smallest absolute Gasteiger partial charge is 0.337 e. The van der Waals surface area contributed by atoms with Gasteiger partial charge in [-0.3, -0.25) is 0 Å². The molecule has 0 aliphatic rings. The van der Waals surface area contributed by atoms with E-state index in [1.807, 2.05) is 29.5 Å². The second-order valence-corrected chi connectivity index (χ2v) is 5.65. The zero-order valence-electron chi connectivity index (χ0n) is 9.76. The van der Waals surface area contributed by atoms with Crippen LogP contribution in [0.5, 0.6) is 0 Å². The van der Waals surface area contributed by atoms with Gasteiger partial charge < -0.3 is 10.0 Å². The van der Waals surface area contributed by atoms with Crippen LogP contribution in [-0.2, 0) is 6.54 Å². The molecule has 0 saturated heterocycles. The molecule has 0 unspecified atom stereocenters. The number of aromatic carboxylic acids is 1. The van der Waals surface area contributed by atoms with Crippen molar-refractivity contribution in [2.45, 2.75) is 6.54 Å². The summed E-state index contributed by atoms with van der Waals surface area (Å²) in [7, 11) is 1.89. The van der Waals surface area contributed by atoms with E-state index in [2.05, 4.69) is 21.3 Å². The molecule has 1 aromatic carbocycles. The summed E-state index contributed by atoms with van der Waals surface area (Å²) in [6.07, 6.45) is 0. The number of carboxylic acid groups (broad SMARTS) is 1. The maximum absolute atomic E-state index is 11.2. The minimum atomic E-state index is -0.908. The Bertz CT molecular complexity index is 554. The van der Waals surface area contributed by atoms with Crippen molar-refractivity contribution < 1.29 is 9.90 Å². The van der Waals surface area contributed by atoms with Gasteiger partial charge in [-0.2, -0.15) is 11.3 Å². The Morgan fingerprint density at radius 1 is 1.44 bits per heavy atom. The molecule has 5 heteroatoms. The van der Waals surface area contributed by atoms with E-state index in [4.69, 9.17) is 0 Å². The Balaban J connectivity index is 2.31. The Labute approximate surface area is 118 Å². The highest BCUT2D eigenvalue weighted by Crippen LogP contribution is 2.26. The minimum Gasteiger partial charge on any atom is -0.478 e. The van der Waals surface area contributed by atoms with E-state index in [0.717, 1.165) is 4.47 Å². The van der Waals surface area contributed by atoms with Crippen molar-refractivity contribution in [3.05, 3.63) is 50.6 Å². The number of halogens is 1. The number of hydrogen-bond donors (Lipinski definition) is 1. The summed E-state index contributed by atoms with van der Waals surface area (Å²) >= 11 is 5.01. The number of thiophene rings is 1. The SMILES string of the molecule is CN(Cc1ccsc1)c1cc(Br)ccc1C(=O)O. The third-order valence-electron chi connectivity index (χ3n) is 2.60. The summed E-state index contributed by atoms with van der Waals surface area (Å²) in [5.74, 6) is -0.908. The molecule has 0 aliphatic heterocycles. The quantitative estimate of drug-likeness (QED) is 0.928. The van der Waals surface area contributed by atoms with Gasteiger partial charge >= 0.3 is 5.97 Å². The molecule has 0 amide bonds. The van der Waals surface area contributed by atoms with Gasteiger partial charge in [0.1, 0.15) is 0 Å². The van der Waals surface area contributed by atoms with Crippen LogP contribution in [0.25, 0.3) is 0 Å². The Morgan fingerprint density at radius 3 is 2.83 bits per heavy atom.